The average Bonchev–Trinajstić information content (AvgIpc) is 3.83. The van der Waals surface area contributed by atoms with Crippen molar-refractivity contribution in [2.24, 2.45) is 0 Å². The molecule has 0 aliphatic carbocycles. The fraction of sp³-hybridized carbons (Fsp3) is 0.390. The zero-order valence-corrected chi connectivity index (χ0v) is 30.0. The van der Waals surface area contributed by atoms with Crippen LogP contribution >= 0.6 is 0 Å². The van der Waals surface area contributed by atoms with Gasteiger partial charge in [0.2, 0.25) is 5.88 Å². The summed E-state index contributed by atoms with van der Waals surface area (Å²) in [6, 6.07) is 16.2. The number of benzene rings is 3. The van der Waals surface area contributed by atoms with Crippen LogP contribution in [0, 0.1) is 18.2 Å². The van der Waals surface area contributed by atoms with Gasteiger partial charge in [0.25, 0.3) is 0 Å². The van der Waals surface area contributed by atoms with E-state index in [2.05, 4.69) is 21.0 Å². The van der Waals surface area contributed by atoms with E-state index < -0.39 is 24.6 Å². The van der Waals surface area contributed by atoms with E-state index in [1.165, 1.54) is 0 Å². The number of aromatic nitrogens is 3. The highest BCUT2D eigenvalue weighted by atomic mass is 19.1. The molecule has 14 heteroatoms. The van der Waals surface area contributed by atoms with E-state index in [0.717, 1.165) is 43.2 Å². The van der Waals surface area contributed by atoms with E-state index in [9.17, 15) is 14.4 Å². The van der Waals surface area contributed by atoms with Crippen molar-refractivity contribution >= 4 is 40.1 Å². The summed E-state index contributed by atoms with van der Waals surface area (Å²) in [4.78, 5) is 19.0. The van der Waals surface area contributed by atoms with Gasteiger partial charge in [0.05, 0.1) is 11.6 Å². The van der Waals surface area contributed by atoms with Crippen LogP contribution in [0.15, 0.2) is 54.6 Å². The van der Waals surface area contributed by atoms with Gasteiger partial charge in [-0.1, -0.05) is 42.3 Å². The van der Waals surface area contributed by atoms with Gasteiger partial charge in [-0.2, -0.15) is 9.97 Å². The Labute approximate surface area is 316 Å². The van der Waals surface area contributed by atoms with Crippen molar-refractivity contribution in [2.75, 3.05) is 37.7 Å². The molecule has 0 radical (unpaired) electrons. The Balaban J connectivity index is 1.11. The first-order valence-electron chi connectivity index (χ1n) is 19.0. The first kappa shape index (κ1) is 34.4. The summed E-state index contributed by atoms with van der Waals surface area (Å²) in [6.07, 6.45) is 9.28. The average molecular weight is 745 g/mol. The number of rotatable bonds is 8. The fourth-order valence-corrected chi connectivity index (χ4v) is 9.55. The molecule has 0 saturated carbocycles. The van der Waals surface area contributed by atoms with Crippen molar-refractivity contribution in [3.8, 4) is 41.2 Å². The Morgan fingerprint density at radius 2 is 1.93 bits per heavy atom. The van der Waals surface area contributed by atoms with Gasteiger partial charge in [-0.05, 0) is 66.8 Å². The quantitative estimate of drug-likeness (QED) is 0.159. The SMILES string of the molecule is C#Cc1cccc2cc(OCc3ccc(B(O)O)cc3)cc(-c3nc4c5c(nc(OC[C@@]67CCCN6C[C@H](F)C7)nc5c3F)N3C[C@H]5CC[C@H](N5)[C@H]3CO4)c12. The highest BCUT2D eigenvalue weighted by molar-refractivity contribution is 6.58. The molecule has 4 saturated heterocycles. The molecule has 5 aliphatic heterocycles. The summed E-state index contributed by atoms with van der Waals surface area (Å²) in [7, 11) is -1.57. The third-order valence-electron chi connectivity index (χ3n) is 12.2. The first-order valence-corrected chi connectivity index (χ1v) is 19.0. The third kappa shape index (κ3) is 5.83. The number of hydrogen-bond donors (Lipinski definition) is 3. The second-order valence-corrected chi connectivity index (χ2v) is 15.5. The van der Waals surface area contributed by atoms with Gasteiger partial charge in [0.15, 0.2) is 5.82 Å². The van der Waals surface area contributed by atoms with Gasteiger partial charge in [-0.15, -0.1) is 6.42 Å². The summed E-state index contributed by atoms with van der Waals surface area (Å²) in [5.41, 5.74) is 1.70. The number of pyridine rings is 1. The van der Waals surface area contributed by atoms with Crippen molar-refractivity contribution in [3.05, 3.63) is 71.5 Å². The molecule has 7 heterocycles. The molecular weight excluding hydrogens is 705 g/mol. The third-order valence-corrected chi connectivity index (χ3v) is 12.2. The van der Waals surface area contributed by atoms with Gasteiger partial charge in [0, 0.05) is 48.1 Å². The van der Waals surface area contributed by atoms with Crippen LogP contribution in [0.5, 0.6) is 17.6 Å². The fourth-order valence-electron chi connectivity index (χ4n) is 9.55. The topological polar surface area (TPSA) is 125 Å². The molecule has 5 atom stereocenters. The van der Waals surface area contributed by atoms with E-state index >= 15 is 4.39 Å². The monoisotopic (exact) mass is 744 g/mol. The minimum Gasteiger partial charge on any atom is -0.489 e. The van der Waals surface area contributed by atoms with Crippen molar-refractivity contribution in [3.63, 3.8) is 0 Å². The van der Waals surface area contributed by atoms with Crippen molar-refractivity contribution in [2.45, 2.75) is 68.5 Å². The summed E-state index contributed by atoms with van der Waals surface area (Å²) in [5.74, 6) is 3.27. The van der Waals surface area contributed by atoms with Gasteiger partial charge in [-0.3, -0.25) is 4.90 Å². The number of hydrogen-bond acceptors (Lipinski definition) is 11. The summed E-state index contributed by atoms with van der Waals surface area (Å²) >= 11 is 0. The number of nitrogens with one attached hydrogen (secondary N) is 1. The lowest BCUT2D eigenvalue weighted by atomic mass is 9.80. The lowest BCUT2D eigenvalue weighted by molar-refractivity contribution is 0.107. The molecule has 3 N–H and O–H groups in total. The Bertz CT molecular complexity index is 2380. The molecule has 3 aromatic carbocycles. The van der Waals surface area contributed by atoms with Crippen LogP contribution in [0.1, 0.15) is 43.2 Å². The number of nitrogens with zero attached hydrogens (tertiary/aromatic N) is 5. The molecule has 4 fully saturated rings. The van der Waals surface area contributed by atoms with Gasteiger partial charge >= 0.3 is 13.1 Å². The summed E-state index contributed by atoms with van der Waals surface area (Å²) < 4.78 is 51.4. The van der Waals surface area contributed by atoms with Crippen LogP contribution in [0.4, 0.5) is 14.6 Å². The zero-order chi connectivity index (χ0) is 37.4. The van der Waals surface area contributed by atoms with Crippen LogP contribution in [-0.4, -0.2) is 99.7 Å². The molecule has 0 unspecified atom stereocenters. The van der Waals surface area contributed by atoms with Crippen molar-refractivity contribution in [1.29, 1.82) is 0 Å². The molecule has 280 valence electrons. The highest BCUT2D eigenvalue weighted by Gasteiger charge is 2.50. The lowest BCUT2D eigenvalue weighted by Crippen LogP contribution is -2.60. The second-order valence-electron chi connectivity index (χ2n) is 15.5. The number of anilines is 1. The molecule has 10 rings (SSSR count). The van der Waals surface area contributed by atoms with Crippen LogP contribution in [0.3, 0.4) is 0 Å². The van der Waals surface area contributed by atoms with E-state index in [4.69, 9.17) is 35.6 Å². The maximum Gasteiger partial charge on any atom is 0.488 e. The maximum atomic E-state index is 17.5. The van der Waals surface area contributed by atoms with Crippen LogP contribution in [-0.2, 0) is 6.61 Å². The largest absolute Gasteiger partial charge is 0.489 e. The number of terminal acetylenes is 1. The summed E-state index contributed by atoms with van der Waals surface area (Å²) in [5, 5.41) is 24.4. The van der Waals surface area contributed by atoms with Crippen molar-refractivity contribution < 1.29 is 33.0 Å². The highest BCUT2D eigenvalue weighted by Crippen LogP contribution is 2.45. The van der Waals surface area contributed by atoms with E-state index in [1.807, 2.05) is 18.2 Å². The molecule has 0 amide bonds. The van der Waals surface area contributed by atoms with E-state index in [-0.39, 0.29) is 54.4 Å². The standard InChI is InChI=1S/C41H39BF2N6O5/c1-2-24-5-3-6-25-15-29(53-20-23-7-9-26(10-8-23)42(51)52)16-30(33(24)25)36-35(44)37-34-38(50-19-28-11-12-31(45-28)32(50)21-54-39(34)46-36)48-40(47-37)55-22-41-13-4-14-49(41)18-27(43)17-41/h1,3,5-10,15-16,27-28,31-32,45,51-52H,4,11-14,17-22H2/t27-,28-,31+,32-,41+/m1/s1. The van der Waals surface area contributed by atoms with E-state index in [1.54, 1.807) is 36.4 Å². The number of piperazine rings is 1. The van der Waals surface area contributed by atoms with Crippen LogP contribution in [0.25, 0.3) is 32.9 Å². The minimum atomic E-state index is -1.57. The van der Waals surface area contributed by atoms with E-state index in [0.29, 0.717) is 65.0 Å². The van der Waals surface area contributed by atoms with Crippen molar-refractivity contribution in [1.82, 2.24) is 25.2 Å². The number of halogens is 2. The Kier molecular flexibility index (Phi) is 8.33. The van der Waals surface area contributed by atoms with Gasteiger partial charge in [0.1, 0.15) is 54.2 Å². The zero-order valence-electron chi connectivity index (χ0n) is 30.0. The number of ether oxygens (including phenoxy) is 3. The first-order chi connectivity index (χ1) is 26.8. The smallest absolute Gasteiger partial charge is 0.488 e. The maximum absolute atomic E-state index is 17.5. The minimum absolute atomic E-state index is 0.00585. The normalized spacial score (nSPS) is 25.3. The Morgan fingerprint density at radius 1 is 1.05 bits per heavy atom. The second kappa shape index (κ2) is 13.3. The molecule has 2 bridgehead atoms. The summed E-state index contributed by atoms with van der Waals surface area (Å²) in [6.45, 7) is 2.55. The molecule has 5 aliphatic rings. The molecular formula is C41H39BF2N6O5. The van der Waals surface area contributed by atoms with Crippen LogP contribution < -0.4 is 29.9 Å². The molecule has 11 nitrogen and oxygen atoms in total. The molecule has 2 aromatic heterocycles. The Hall–Kier alpha value is -5.07. The molecule has 5 aromatic rings. The van der Waals surface area contributed by atoms with Crippen LogP contribution in [0.2, 0.25) is 0 Å². The van der Waals surface area contributed by atoms with Gasteiger partial charge in [-0.25, -0.2) is 13.8 Å². The predicted octanol–water partition coefficient (Wildman–Crippen LogP) is 3.88. The Morgan fingerprint density at radius 3 is 2.76 bits per heavy atom. The number of alkyl halides is 1. The molecule has 55 heavy (non-hydrogen) atoms. The predicted molar refractivity (Wildman–Crippen MR) is 204 cm³/mol. The lowest BCUT2D eigenvalue weighted by Gasteiger charge is -2.40. The van der Waals surface area contributed by atoms with Gasteiger partial charge < -0.3 is 34.5 Å². The number of fused-ring (bicyclic) bond motifs is 7. The molecule has 0 spiro atoms.